The third-order valence-corrected chi connectivity index (χ3v) is 4.74. The lowest BCUT2D eigenvalue weighted by atomic mass is 10.0. The van der Waals surface area contributed by atoms with E-state index in [1.165, 1.54) is 0 Å². The Hall–Kier alpha value is -2.14. The van der Waals surface area contributed by atoms with Crippen molar-refractivity contribution in [3.05, 3.63) is 34.6 Å². The van der Waals surface area contributed by atoms with Gasteiger partial charge in [-0.3, -0.25) is 4.68 Å². The first-order valence-electron chi connectivity index (χ1n) is 9.19. The molecule has 5 nitrogen and oxygen atoms in total. The molecule has 0 bridgehead atoms. The number of hydrogen-bond donors (Lipinski definition) is 0. The highest BCUT2D eigenvalue weighted by molar-refractivity contribution is 6.30. The molecule has 26 heavy (non-hydrogen) atoms. The second kappa shape index (κ2) is 7.62. The van der Waals surface area contributed by atoms with E-state index in [1.54, 1.807) is 0 Å². The predicted octanol–water partition coefficient (Wildman–Crippen LogP) is 4.93. The zero-order valence-electron chi connectivity index (χ0n) is 16.2. The van der Waals surface area contributed by atoms with E-state index in [0.29, 0.717) is 0 Å². The minimum absolute atomic E-state index is 0.737. The molecule has 0 radical (unpaired) electrons. The van der Waals surface area contributed by atoms with Crippen LogP contribution in [0.3, 0.4) is 0 Å². The fraction of sp³-hybridized carbons (Fsp3) is 0.450. The second-order valence-corrected chi connectivity index (χ2v) is 7.15. The SMILES string of the molecule is CCCN(CCC)c1nc(C)nc2c(-c3ccc(Cl)cc3C)n(C)nc12. The average molecular weight is 372 g/mol. The van der Waals surface area contributed by atoms with Crippen LogP contribution in [0.15, 0.2) is 18.2 Å². The van der Waals surface area contributed by atoms with Gasteiger partial charge in [-0.25, -0.2) is 9.97 Å². The Balaban J connectivity index is 2.26. The second-order valence-electron chi connectivity index (χ2n) is 6.71. The van der Waals surface area contributed by atoms with Crippen LogP contribution in [-0.4, -0.2) is 32.8 Å². The van der Waals surface area contributed by atoms with Crippen molar-refractivity contribution in [2.45, 2.75) is 40.5 Å². The Kier molecular flexibility index (Phi) is 5.47. The van der Waals surface area contributed by atoms with Gasteiger partial charge in [0.2, 0.25) is 0 Å². The van der Waals surface area contributed by atoms with Gasteiger partial charge in [-0.2, -0.15) is 5.10 Å². The number of anilines is 1. The van der Waals surface area contributed by atoms with Crippen LogP contribution in [0.1, 0.15) is 38.1 Å². The van der Waals surface area contributed by atoms with Crippen molar-refractivity contribution in [3.63, 3.8) is 0 Å². The molecule has 0 saturated carbocycles. The van der Waals surface area contributed by atoms with Crippen molar-refractivity contribution in [2.75, 3.05) is 18.0 Å². The molecular formula is C20H26ClN5. The van der Waals surface area contributed by atoms with Crippen LogP contribution in [0, 0.1) is 13.8 Å². The van der Waals surface area contributed by atoms with E-state index in [1.807, 2.05) is 36.9 Å². The maximum atomic E-state index is 6.14. The molecule has 0 amide bonds. The maximum absolute atomic E-state index is 6.14. The van der Waals surface area contributed by atoms with E-state index in [2.05, 4.69) is 25.7 Å². The summed E-state index contributed by atoms with van der Waals surface area (Å²) in [5.74, 6) is 1.70. The van der Waals surface area contributed by atoms with Gasteiger partial charge in [0, 0.05) is 30.7 Å². The summed E-state index contributed by atoms with van der Waals surface area (Å²) >= 11 is 6.14. The first kappa shape index (κ1) is 18.6. The number of nitrogens with zero attached hydrogens (tertiary/aromatic N) is 5. The number of aromatic nitrogens is 4. The van der Waals surface area contributed by atoms with Gasteiger partial charge < -0.3 is 4.90 Å². The number of halogens is 1. The van der Waals surface area contributed by atoms with Crippen LogP contribution in [0.2, 0.25) is 5.02 Å². The number of aryl methyl sites for hydroxylation is 3. The molecular weight excluding hydrogens is 346 g/mol. The zero-order valence-corrected chi connectivity index (χ0v) is 16.9. The standard InChI is InChI=1S/C20H26ClN5/c1-6-10-26(11-7-2)20-18-17(22-14(4)23-20)19(25(5)24-18)16-9-8-15(21)12-13(16)3/h8-9,12H,6-7,10-11H2,1-5H3. The molecule has 3 rings (SSSR count). The van der Waals surface area contributed by atoms with Gasteiger partial charge in [0.05, 0.1) is 5.69 Å². The summed E-state index contributed by atoms with van der Waals surface area (Å²) in [6.07, 6.45) is 2.14. The molecule has 0 unspecified atom stereocenters. The minimum Gasteiger partial charge on any atom is -0.355 e. The molecule has 6 heteroatoms. The van der Waals surface area contributed by atoms with Crippen molar-refractivity contribution in [1.82, 2.24) is 19.7 Å². The van der Waals surface area contributed by atoms with Crippen molar-refractivity contribution in [2.24, 2.45) is 7.05 Å². The average Bonchev–Trinajstić information content (AvgIpc) is 2.90. The van der Waals surface area contributed by atoms with Crippen LogP contribution in [0.4, 0.5) is 5.82 Å². The molecule has 1 aromatic carbocycles. The largest absolute Gasteiger partial charge is 0.355 e. The van der Waals surface area contributed by atoms with Gasteiger partial charge in [-0.05, 0) is 44.4 Å². The number of fused-ring (bicyclic) bond motifs is 1. The lowest BCUT2D eigenvalue weighted by molar-refractivity contribution is 0.730. The number of rotatable bonds is 6. The lowest BCUT2D eigenvalue weighted by Gasteiger charge is -2.22. The molecule has 0 saturated heterocycles. The molecule has 0 fully saturated rings. The number of benzene rings is 1. The molecule has 138 valence electrons. The first-order valence-corrected chi connectivity index (χ1v) is 9.56. The van der Waals surface area contributed by atoms with Crippen LogP contribution in [0.25, 0.3) is 22.3 Å². The molecule has 0 N–H and O–H groups in total. The van der Waals surface area contributed by atoms with E-state index in [-0.39, 0.29) is 0 Å². The quantitative estimate of drug-likeness (QED) is 0.616. The maximum Gasteiger partial charge on any atom is 0.160 e. The summed E-state index contributed by atoms with van der Waals surface area (Å²) in [6, 6.07) is 5.93. The Morgan fingerprint density at radius 1 is 1.04 bits per heavy atom. The molecule has 2 heterocycles. The molecule has 0 atom stereocenters. The lowest BCUT2D eigenvalue weighted by Crippen LogP contribution is -2.26. The minimum atomic E-state index is 0.737. The van der Waals surface area contributed by atoms with Crippen LogP contribution in [0.5, 0.6) is 0 Å². The Morgan fingerprint density at radius 2 is 1.73 bits per heavy atom. The van der Waals surface area contributed by atoms with Gasteiger partial charge >= 0.3 is 0 Å². The Bertz CT molecular complexity index is 926. The Morgan fingerprint density at radius 3 is 2.35 bits per heavy atom. The highest BCUT2D eigenvalue weighted by atomic mass is 35.5. The highest BCUT2D eigenvalue weighted by Gasteiger charge is 2.21. The normalized spacial score (nSPS) is 11.3. The smallest absolute Gasteiger partial charge is 0.160 e. The van der Waals surface area contributed by atoms with Crippen molar-refractivity contribution in [1.29, 1.82) is 0 Å². The highest BCUT2D eigenvalue weighted by Crippen LogP contribution is 2.34. The van der Waals surface area contributed by atoms with Crippen LogP contribution in [-0.2, 0) is 7.05 Å². The molecule has 0 spiro atoms. The first-order chi connectivity index (χ1) is 12.5. The summed E-state index contributed by atoms with van der Waals surface area (Å²) in [4.78, 5) is 11.8. The van der Waals surface area contributed by atoms with Gasteiger partial charge in [-0.1, -0.05) is 31.5 Å². The fourth-order valence-corrected chi connectivity index (χ4v) is 3.67. The third kappa shape index (κ3) is 3.40. The summed E-state index contributed by atoms with van der Waals surface area (Å²) < 4.78 is 1.91. The van der Waals surface area contributed by atoms with E-state index in [0.717, 1.165) is 70.5 Å². The zero-order chi connectivity index (χ0) is 18.8. The van der Waals surface area contributed by atoms with Gasteiger partial charge in [0.25, 0.3) is 0 Å². The number of hydrogen-bond acceptors (Lipinski definition) is 4. The van der Waals surface area contributed by atoms with Crippen molar-refractivity contribution in [3.8, 4) is 11.3 Å². The molecule has 3 aromatic rings. The fourth-order valence-electron chi connectivity index (χ4n) is 3.44. The molecule has 0 aliphatic carbocycles. The van der Waals surface area contributed by atoms with Crippen LogP contribution < -0.4 is 4.90 Å². The third-order valence-electron chi connectivity index (χ3n) is 4.51. The van der Waals surface area contributed by atoms with Crippen LogP contribution >= 0.6 is 11.6 Å². The van der Waals surface area contributed by atoms with Crippen molar-refractivity contribution >= 4 is 28.5 Å². The van der Waals surface area contributed by atoms with E-state index in [4.69, 9.17) is 26.7 Å². The van der Waals surface area contributed by atoms with Gasteiger partial charge in [0.15, 0.2) is 11.3 Å². The predicted molar refractivity (Wildman–Crippen MR) is 109 cm³/mol. The monoisotopic (exact) mass is 371 g/mol. The van der Waals surface area contributed by atoms with E-state index < -0.39 is 0 Å². The molecule has 2 aromatic heterocycles. The summed E-state index contributed by atoms with van der Waals surface area (Å²) in [5, 5.41) is 5.53. The van der Waals surface area contributed by atoms with E-state index in [9.17, 15) is 0 Å². The topological polar surface area (TPSA) is 46.8 Å². The Labute approximate surface area is 160 Å². The summed E-state index contributed by atoms with van der Waals surface area (Å²) in [6.45, 7) is 10.3. The van der Waals surface area contributed by atoms with Gasteiger partial charge in [0.1, 0.15) is 11.3 Å². The van der Waals surface area contributed by atoms with Gasteiger partial charge in [-0.15, -0.1) is 0 Å². The summed E-state index contributed by atoms with van der Waals surface area (Å²) in [5.41, 5.74) is 4.98. The van der Waals surface area contributed by atoms with Crippen molar-refractivity contribution < 1.29 is 0 Å². The molecule has 0 aliphatic rings. The molecule has 0 aliphatic heterocycles. The van der Waals surface area contributed by atoms with E-state index >= 15 is 0 Å². The summed E-state index contributed by atoms with van der Waals surface area (Å²) in [7, 11) is 1.97.